The van der Waals surface area contributed by atoms with E-state index in [1.165, 1.54) is 12.1 Å². The number of aromatic nitrogens is 1. The fraction of sp³-hybridized carbons (Fsp3) is 0.143. The summed E-state index contributed by atoms with van der Waals surface area (Å²) in [5, 5.41) is 2.70. The zero-order valence-electron chi connectivity index (χ0n) is 11.4. The van der Waals surface area contributed by atoms with E-state index in [4.69, 9.17) is 10.7 Å². The van der Waals surface area contributed by atoms with Gasteiger partial charge in [-0.25, -0.2) is 8.42 Å². The van der Waals surface area contributed by atoms with Crippen LogP contribution >= 0.6 is 10.7 Å². The third-order valence-electron chi connectivity index (χ3n) is 2.85. The minimum absolute atomic E-state index is 0.0296. The molecule has 110 valence electrons. The summed E-state index contributed by atoms with van der Waals surface area (Å²) >= 11 is 0. The number of benzene rings is 1. The second-order valence-corrected chi connectivity index (χ2v) is 7.09. The minimum atomic E-state index is -3.79. The Morgan fingerprint density at radius 2 is 1.90 bits per heavy atom. The molecule has 1 amide bonds. The molecule has 2 rings (SSSR count). The minimum Gasteiger partial charge on any atom is -0.322 e. The van der Waals surface area contributed by atoms with Gasteiger partial charge in [-0.05, 0) is 49.7 Å². The van der Waals surface area contributed by atoms with Crippen molar-refractivity contribution in [2.45, 2.75) is 18.7 Å². The topological polar surface area (TPSA) is 76.1 Å². The van der Waals surface area contributed by atoms with E-state index in [1.807, 2.05) is 0 Å². The fourth-order valence-corrected chi connectivity index (χ4v) is 3.08. The molecule has 7 heteroatoms. The average molecular weight is 325 g/mol. The molecule has 1 N–H and O–H groups in total. The van der Waals surface area contributed by atoms with Crippen molar-refractivity contribution in [1.82, 2.24) is 4.98 Å². The van der Waals surface area contributed by atoms with Gasteiger partial charge in [0.05, 0.1) is 4.90 Å². The van der Waals surface area contributed by atoms with Gasteiger partial charge in [-0.15, -0.1) is 0 Å². The zero-order chi connectivity index (χ0) is 15.6. The summed E-state index contributed by atoms with van der Waals surface area (Å²) in [7, 11) is 1.53. The molecule has 1 aromatic carbocycles. The van der Waals surface area contributed by atoms with Gasteiger partial charge in [0.15, 0.2) is 0 Å². The van der Waals surface area contributed by atoms with Crippen LogP contribution in [0.2, 0.25) is 0 Å². The van der Waals surface area contributed by atoms with E-state index in [0.29, 0.717) is 16.8 Å². The van der Waals surface area contributed by atoms with Gasteiger partial charge in [0.2, 0.25) is 0 Å². The van der Waals surface area contributed by atoms with Gasteiger partial charge in [0, 0.05) is 33.8 Å². The SMILES string of the molecule is Cc1cc(C(=O)Nc2ccc(S(=O)(=O)Cl)c(C)c2)ccn1. The predicted molar refractivity (Wildman–Crippen MR) is 81.1 cm³/mol. The highest BCUT2D eigenvalue weighted by molar-refractivity contribution is 8.13. The number of nitrogens with zero attached hydrogens (tertiary/aromatic N) is 1. The fourth-order valence-electron chi connectivity index (χ4n) is 1.89. The Balaban J connectivity index is 2.25. The van der Waals surface area contributed by atoms with Crippen LogP contribution in [0.4, 0.5) is 5.69 Å². The molecule has 0 aliphatic heterocycles. The highest BCUT2D eigenvalue weighted by Gasteiger charge is 2.14. The summed E-state index contributed by atoms with van der Waals surface area (Å²) in [5.41, 5.74) is 2.18. The molecule has 0 spiro atoms. The predicted octanol–water partition coefficient (Wildman–Crippen LogP) is 2.88. The largest absolute Gasteiger partial charge is 0.322 e. The number of pyridine rings is 1. The van der Waals surface area contributed by atoms with Crippen molar-refractivity contribution in [2.75, 3.05) is 5.32 Å². The molecule has 0 atom stereocenters. The number of nitrogens with one attached hydrogen (secondary N) is 1. The summed E-state index contributed by atoms with van der Waals surface area (Å²) in [6.07, 6.45) is 1.55. The molecule has 0 fully saturated rings. The van der Waals surface area contributed by atoms with Gasteiger partial charge in [0.25, 0.3) is 15.0 Å². The van der Waals surface area contributed by atoms with E-state index in [2.05, 4.69) is 10.3 Å². The van der Waals surface area contributed by atoms with Crippen LogP contribution in [0.25, 0.3) is 0 Å². The van der Waals surface area contributed by atoms with Crippen LogP contribution in [0.1, 0.15) is 21.6 Å². The lowest BCUT2D eigenvalue weighted by molar-refractivity contribution is 0.102. The Labute approximate surface area is 127 Å². The normalized spacial score (nSPS) is 11.2. The van der Waals surface area contributed by atoms with Crippen LogP contribution in [0, 0.1) is 13.8 Å². The van der Waals surface area contributed by atoms with Crippen LogP contribution < -0.4 is 5.32 Å². The number of hydrogen-bond donors (Lipinski definition) is 1. The van der Waals surface area contributed by atoms with E-state index in [-0.39, 0.29) is 10.8 Å². The lowest BCUT2D eigenvalue weighted by Crippen LogP contribution is -2.12. The first-order valence-corrected chi connectivity index (χ1v) is 8.37. The van der Waals surface area contributed by atoms with Gasteiger partial charge in [0.1, 0.15) is 0 Å². The van der Waals surface area contributed by atoms with E-state index in [9.17, 15) is 13.2 Å². The molecule has 0 aliphatic rings. The summed E-state index contributed by atoms with van der Waals surface area (Å²) in [6.45, 7) is 3.41. The maximum atomic E-state index is 12.1. The van der Waals surface area contributed by atoms with Gasteiger partial charge in [-0.2, -0.15) is 0 Å². The van der Waals surface area contributed by atoms with Crippen LogP contribution in [0.15, 0.2) is 41.4 Å². The molecule has 5 nitrogen and oxygen atoms in total. The number of amides is 1. The first-order valence-electron chi connectivity index (χ1n) is 6.07. The van der Waals surface area contributed by atoms with Crippen LogP contribution in [-0.2, 0) is 9.05 Å². The van der Waals surface area contributed by atoms with Gasteiger partial charge in [-0.3, -0.25) is 9.78 Å². The third kappa shape index (κ3) is 3.80. The van der Waals surface area contributed by atoms with Crippen LogP contribution in [0.5, 0.6) is 0 Å². The van der Waals surface area contributed by atoms with E-state index in [1.54, 1.807) is 38.2 Å². The van der Waals surface area contributed by atoms with Crippen molar-refractivity contribution in [2.24, 2.45) is 0 Å². The van der Waals surface area contributed by atoms with E-state index >= 15 is 0 Å². The first kappa shape index (κ1) is 15.5. The van der Waals surface area contributed by atoms with Crippen molar-refractivity contribution < 1.29 is 13.2 Å². The third-order valence-corrected chi connectivity index (χ3v) is 4.34. The summed E-state index contributed by atoms with van der Waals surface area (Å²) in [4.78, 5) is 16.1. The molecular formula is C14H13ClN2O3S. The molecule has 1 aromatic heterocycles. The zero-order valence-corrected chi connectivity index (χ0v) is 13.0. The van der Waals surface area contributed by atoms with E-state index < -0.39 is 9.05 Å². The molecule has 0 saturated heterocycles. The molecule has 0 aliphatic carbocycles. The van der Waals surface area contributed by atoms with Crippen molar-refractivity contribution >= 4 is 31.3 Å². The number of anilines is 1. The first-order chi connectivity index (χ1) is 9.77. The lowest BCUT2D eigenvalue weighted by atomic mass is 10.2. The molecule has 0 unspecified atom stereocenters. The molecule has 0 saturated carbocycles. The Kier molecular flexibility index (Phi) is 4.29. The Hall–Kier alpha value is -1.92. The second-order valence-electron chi connectivity index (χ2n) is 4.56. The van der Waals surface area contributed by atoms with Gasteiger partial charge < -0.3 is 5.32 Å². The number of aryl methyl sites for hydroxylation is 2. The number of carbonyl (C=O) groups is 1. The van der Waals surface area contributed by atoms with Crippen molar-refractivity contribution in [3.05, 3.63) is 53.3 Å². The highest BCUT2D eigenvalue weighted by atomic mass is 35.7. The molecule has 21 heavy (non-hydrogen) atoms. The average Bonchev–Trinajstić information content (AvgIpc) is 2.37. The van der Waals surface area contributed by atoms with Gasteiger partial charge >= 0.3 is 0 Å². The van der Waals surface area contributed by atoms with Crippen molar-refractivity contribution in [3.8, 4) is 0 Å². The summed E-state index contributed by atoms with van der Waals surface area (Å²) in [5.74, 6) is -0.290. The number of halogens is 1. The van der Waals surface area contributed by atoms with Gasteiger partial charge in [-0.1, -0.05) is 0 Å². The monoisotopic (exact) mass is 324 g/mol. The maximum absolute atomic E-state index is 12.1. The summed E-state index contributed by atoms with van der Waals surface area (Å²) in [6, 6.07) is 7.69. The maximum Gasteiger partial charge on any atom is 0.261 e. The quantitative estimate of drug-likeness (QED) is 0.881. The molecule has 2 aromatic rings. The number of hydrogen-bond acceptors (Lipinski definition) is 4. The number of carbonyl (C=O) groups excluding carboxylic acids is 1. The Bertz CT molecular complexity index is 804. The standard InChI is InChI=1S/C14H13ClN2O3S/c1-9-7-12(3-4-13(9)21(15,19)20)17-14(18)11-5-6-16-10(2)8-11/h3-8H,1-2H3,(H,17,18). The summed E-state index contributed by atoms with van der Waals surface area (Å²) < 4.78 is 22.6. The Morgan fingerprint density at radius 3 is 2.48 bits per heavy atom. The molecule has 0 radical (unpaired) electrons. The van der Waals surface area contributed by atoms with Crippen molar-refractivity contribution in [1.29, 1.82) is 0 Å². The molecule has 1 heterocycles. The number of rotatable bonds is 3. The van der Waals surface area contributed by atoms with Crippen LogP contribution in [0.3, 0.4) is 0 Å². The molecular weight excluding hydrogens is 312 g/mol. The second kappa shape index (κ2) is 5.83. The molecule has 0 bridgehead atoms. The van der Waals surface area contributed by atoms with Crippen LogP contribution in [-0.4, -0.2) is 19.3 Å². The smallest absolute Gasteiger partial charge is 0.261 e. The van der Waals surface area contributed by atoms with E-state index in [0.717, 1.165) is 5.69 Å². The van der Waals surface area contributed by atoms with Crippen molar-refractivity contribution in [3.63, 3.8) is 0 Å². The Morgan fingerprint density at radius 1 is 1.19 bits per heavy atom. The highest BCUT2D eigenvalue weighted by Crippen LogP contribution is 2.23. The lowest BCUT2D eigenvalue weighted by Gasteiger charge is -2.08.